The highest BCUT2D eigenvalue weighted by Gasteiger charge is 2.29. The number of hydrogen-bond acceptors (Lipinski definition) is 3. The highest BCUT2D eigenvalue weighted by atomic mass is 16.4. The molecule has 0 amide bonds. The molecule has 1 aromatic carbocycles. The van der Waals surface area contributed by atoms with Crippen LogP contribution in [0.5, 0.6) is 0 Å². The molecule has 0 radical (unpaired) electrons. The normalized spacial score (nSPS) is 22.5. The minimum atomic E-state index is -0.886. The van der Waals surface area contributed by atoms with Crippen molar-refractivity contribution in [3.05, 3.63) is 41.6 Å². The molecule has 132 valence electrons. The number of carboxylic acids is 1. The maximum atomic E-state index is 11.5. The van der Waals surface area contributed by atoms with Gasteiger partial charge in [0.25, 0.3) is 0 Å². The first kappa shape index (κ1) is 16.5. The van der Waals surface area contributed by atoms with Gasteiger partial charge in [0.05, 0.1) is 11.1 Å². The Balaban J connectivity index is 1.52. The lowest BCUT2D eigenvalue weighted by Gasteiger charge is -2.33. The van der Waals surface area contributed by atoms with Crippen molar-refractivity contribution in [1.29, 1.82) is 0 Å². The molecule has 1 aromatic heterocycles. The second-order valence-electron chi connectivity index (χ2n) is 7.64. The molecule has 1 saturated carbocycles. The maximum absolute atomic E-state index is 11.5. The topological polar surface area (TPSA) is 53.4 Å². The smallest absolute Gasteiger partial charge is 0.336 e. The predicted octanol–water partition coefficient (Wildman–Crippen LogP) is 4.34. The number of hydrogen-bond donors (Lipinski definition) is 1. The second-order valence-corrected chi connectivity index (χ2v) is 7.64. The van der Waals surface area contributed by atoms with Crippen LogP contribution in [0.15, 0.2) is 30.5 Å². The average Bonchev–Trinajstić information content (AvgIpc) is 2.79. The lowest BCUT2D eigenvalue weighted by molar-refractivity contribution is 0.0699. The van der Waals surface area contributed by atoms with E-state index in [1.807, 2.05) is 18.2 Å². The number of likely N-dealkylation sites (tertiary alicyclic amines) is 1. The predicted molar refractivity (Wildman–Crippen MR) is 98.7 cm³/mol. The molecule has 1 aliphatic carbocycles. The van der Waals surface area contributed by atoms with E-state index in [4.69, 9.17) is 0 Å². The van der Waals surface area contributed by atoms with Gasteiger partial charge in [-0.05, 0) is 61.9 Å². The summed E-state index contributed by atoms with van der Waals surface area (Å²) < 4.78 is 0. The van der Waals surface area contributed by atoms with Crippen LogP contribution in [-0.2, 0) is 6.54 Å². The van der Waals surface area contributed by atoms with E-state index in [0.29, 0.717) is 5.56 Å². The van der Waals surface area contributed by atoms with Crippen molar-refractivity contribution in [2.24, 2.45) is 11.8 Å². The summed E-state index contributed by atoms with van der Waals surface area (Å²) in [6.45, 7) is 3.15. The van der Waals surface area contributed by atoms with E-state index in [9.17, 15) is 9.90 Å². The van der Waals surface area contributed by atoms with E-state index < -0.39 is 5.97 Å². The molecular weight excluding hydrogens is 312 g/mol. The summed E-state index contributed by atoms with van der Waals surface area (Å²) in [5.74, 6) is 1.02. The molecule has 2 heterocycles. The molecule has 4 heteroatoms. The van der Waals surface area contributed by atoms with E-state index in [1.165, 1.54) is 38.5 Å². The lowest BCUT2D eigenvalue weighted by Crippen LogP contribution is -2.26. The van der Waals surface area contributed by atoms with Crippen LogP contribution in [0.4, 0.5) is 0 Å². The van der Waals surface area contributed by atoms with Gasteiger partial charge in [0.15, 0.2) is 0 Å². The van der Waals surface area contributed by atoms with Gasteiger partial charge >= 0.3 is 5.97 Å². The van der Waals surface area contributed by atoms with Gasteiger partial charge in [-0.15, -0.1) is 0 Å². The van der Waals surface area contributed by atoms with Crippen LogP contribution in [-0.4, -0.2) is 34.0 Å². The average molecular weight is 338 g/mol. The lowest BCUT2D eigenvalue weighted by atomic mass is 9.73. The number of pyridine rings is 1. The van der Waals surface area contributed by atoms with Gasteiger partial charge < -0.3 is 5.11 Å². The monoisotopic (exact) mass is 338 g/mol. The quantitative estimate of drug-likeness (QED) is 0.901. The Morgan fingerprint density at radius 1 is 1.08 bits per heavy atom. The summed E-state index contributed by atoms with van der Waals surface area (Å²) in [6.07, 6.45) is 10.0. The van der Waals surface area contributed by atoms with E-state index in [-0.39, 0.29) is 0 Å². The first-order valence-electron chi connectivity index (χ1n) is 9.54. The Kier molecular flexibility index (Phi) is 4.71. The molecule has 1 unspecified atom stereocenters. The number of benzene rings is 1. The van der Waals surface area contributed by atoms with Crippen LogP contribution in [0.2, 0.25) is 0 Å². The largest absolute Gasteiger partial charge is 0.478 e. The fourth-order valence-corrected chi connectivity index (χ4v) is 4.51. The van der Waals surface area contributed by atoms with E-state index in [0.717, 1.165) is 47.9 Å². The van der Waals surface area contributed by atoms with E-state index >= 15 is 0 Å². The van der Waals surface area contributed by atoms with Gasteiger partial charge in [0.2, 0.25) is 0 Å². The van der Waals surface area contributed by atoms with E-state index in [2.05, 4.69) is 9.88 Å². The van der Waals surface area contributed by atoms with Gasteiger partial charge in [0.1, 0.15) is 0 Å². The number of nitrogens with zero attached hydrogens (tertiary/aromatic N) is 2. The number of aromatic carboxylic acids is 1. The van der Waals surface area contributed by atoms with Crippen molar-refractivity contribution in [3.8, 4) is 0 Å². The van der Waals surface area contributed by atoms with Crippen molar-refractivity contribution in [2.75, 3.05) is 13.1 Å². The third-order valence-corrected chi connectivity index (χ3v) is 6.16. The highest BCUT2D eigenvalue weighted by Crippen LogP contribution is 2.38. The molecule has 1 atom stereocenters. The Morgan fingerprint density at radius 2 is 1.88 bits per heavy atom. The molecule has 2 fully saturated rings. The fraction of sp³-hybridized carbons (Fsp3) is 0.524. The third kappa shape index (κ3) is 3.40. The fourth-order valence-electron chi connectivity index (χ4n) is 4.51. The van der Waals surface area contributed by atoms with Crippen molar-refractivity contribution < 1.29 is 9.90 Å². The van der Waals surface area contributed by atoms with Gasteiger partial charge in [0, 0.05) is 18.1 Å². The molecule has 25 heavy (non-hydrogen) atoms. The Hall–Kier alpha value is -1.94. The molecule has 4 rings (SSSR count). The van der Waals surface area contributed by atoms with E-state index in [1.54, 1.807) is 12.3 Å². The summed E-state index contributed by atoms with van der Waals surface area (Å²) in [5.41, 5.74) is 2.32. The van der Waals surface area contributed by atoms with Gasteiger partial charge in [-0.25, -0.2) is 4.79 Å². The van der Waals surface area contributed by atoms with Crippen LogP contribution < -0.4 is 0 Å². The standard InChI is InChI=1S/C21H26N2O2/c24-21(25)19-9-8-17(20-18(19)7-2-11-22-20)14-23-12-3-6-16(10-13-23)15-4-1-5-15/h2,7-9,11,15-16H,1,3-6,10,12-14H2,(H,24,25). The van der Waals surface area contributed by atoms with Gasteiger partial charge in [-0.3, -0.25) is 9.88 Å². The molecule has 1 N–H and O–H groups in total. The molecule has 0 spiro atoms. The summed E-state index contributed by atoms with van der Waals surface area (Å²) >= 11 is 0. The van der Waals surface area contributed by atoms with Crippen LogP contribution >= 0.6 is 0 Å². The van der Waals surface area contributed by atoms with Crippen molar-refractivity contribution in [3.63, 3.8) is 0 Å². The summed E-state index contributed by atoms with van der Waals surface area (Å²) in [7, 11) is 0. The zero-order chi connectivity index (χ0) is 17.2. The van der Waals surface area contributed by atoms with Crippen molar-refractivity contribution in [1.82, 2.24) is 9.88 Å². The second kappa shape index (κ2) is 7.12. The van der Waals surface area contributed by atoms with Crippen LogP contribution in [0.1, 0.15) is 54.4 Å². The zero-order valence-corrected chi connectivity index (χ0v) is 14.7. The Labute approximate surface area is 148 Å². The SMILES string of the molecule is O=C(O)c1ccc(CN2CCCC(C3CCC3)CC2)c2ncccc12. The molecular formula is C21H26N2O2. The van der Waals surface area contributed by atoms with Crippen molar-refractivity contribution >= 4 is 16.9 Å². The molecule has 2 aliphatic rings. The molecule has 1 saturated heterocycles. The molecule has 2 aromatic rings. The summed E-state index contributed by atoms with van der Waals surface area (Å²) in [5, 5.41) is 10.1. The molecule has 1 aliphatic heterocycles. The number of fused-ring (bicyclic) bond motifs is 1. The zero-order valence-electron chi connectivity index (χ0n) is 14.7. The van der Waals surface area contributed by atoms with Gasteiger partial charge in [-0.1, -0.05) is 31.4 Å². The summed E-state index contributed by atoms with van der Waals surface area (Å²) in [6, 6.07) is 7.36. The number of carbonyl (C=O) groups is 1. The minimum absolute atomic E-state index is 0.341. The number of carboxylic acid groups (broad SMARTS) is 1. The van der Waals surface area contributed by atoms with Crippen LogP contribution in [0.25, 0.3) is 10.9 Å². The molecule has 0 bridgehead atoms. The third-order valence-electron chi connectivity index (χ3n) is 6.16. The van der Waals surface area contributed by atoms with Crippen molar-refractivity contribution in [2.45, 2.75) is 45.1 Å². The van der Waals surface area contributed by atoms with Gasteiger partial charge in [-0.2, -0.15) is 0 Å². The first-order valence-corrected chi connectivity index (χ1v) is 9.54. The Morgan fingerprint density at radius 3 is 2.64 bits per heavy atom. The highest BCUT2D eigenvalue weighted by molar-refractivity contribution is 6.03. The van der Waals surface area contributed by atoms with Crippen LogP contribution in [0.3, 0.4) is 0 Å². The maximum Gasteiger partial charge on any atom is 0.336 e. The summed E-state index contributed by atoms with van der Waals surface area (Å²) in [4.78, 5) is 18.5. The first-order chi connectivity index (χ1) is 12.2. The molecule has 4 nitrogen and oxygen atoms in total. The minimum Gasteiger partial charge on any atom is -0.478 e. The number of rotatable bonds is 4. The number of aromatic nitrogens is 1. The Bertz CT molecular complexity index is 770. The van der Waals surface area contributed by atoms with Crippen LogP contribution in [0, 0.1) is 11.8 Å².